The highest BCUT2D eigenvalue weighted by Crippen LogP contribution is 2.34. The fourth-order valence-electron chi connectivity index (χ4n) is 1.04. The summed E-state index contributed by atoms with van der Waals surface area (Å²) in [6.45, 7) is 0. The lowest BCUT2D eigenvalue weighted by Gasteiger charge is -1.93. The molecule has 13 heavy (non-hydrogen) atoms. The summed E-state index contributed by atoms with van der Waals surface area (Å²) in [4.78, 5) is 15.2. The second-order valence-corrected chi connectivity index (χ2v) is 4.70. The Bertz CT molecular complexity index is 443. The van der Waals surface area contributed by atoms with Gasteiger partial charge in [-0.05, 0) is 22.0 Å². The van der Waals surface area contributed by atoms with Crippen LogP contribution in [0.2, 0.25) is 5.15 Å². The standard InChI is InChI=1S/C8H3BrClNOS/c9-6-2-11-8(10)7-5(6)1-4(3-12)13-7/h1-3H. The van der Waals surface area contributed by atoms with E-state index in [2.05, 4.69) is 20.9 Å². The minimum Gasteiger partial charge on any atom is -0.297 e. The number of rotatable bonds is 1. The molecule has 0 fully saturated rings. The molecule has 0 aromatic carbocycles. The zero-order chi connectivity index (χ0) is 9.42. The van der Waals surface area contributed by atoms with Gasteiger partial charge in [-0.15, -0.1) is 11.3 Å². The molecule has 0 saturated carbocycles. The van der Waals surface area contributed by atoms with Gasteiger partial charge >= 0.3 is 0 Å². The summed E-state index contributed by atoms with van der Waals surface area (Å²) in [6, 6.07) is 1.80. The topological polar surface area (TPSA) is 30.0 Å². The molecular formula is C8H3BrClNOS. The van der Waals surface area contributed by atoms with Crippen LogP contribution in [0, 0.1) is 0 Å². The molecule has 0 atom stereocenters. The van der Waals surface area contributed by atoms with Gasteiger partial charge in [-0.25, -0.2) is 4.98 Å². The molecule has 0 spiro atoms. The van der Waals surface area contributed by atoms with Crippen LogP contribution >= 0.6 is 38.9 Å². The molecule has 5 heteroatoms. The second-order valence-electron chi connectivity index (χ2n) is 2.41. The number of pyridine rings is 1. The molecule has 0 N–H and O–H groups in total. The van der Waals surface area contributed by atoms with Crippen LogP contribution in [0.15, 0.2) is 16.7 Å². The Hall–Kier alpha value is -0.450. The Morgan fingerprint density at radius 3 is 3.00 bits per heavy atom. The summed E-state index contributed by atoms with van der Waals surface area (Å²) in [5.74, 6) is 0. The van der Waals surface area contributed by atoms with E-state index in [1.54, 1.807) is 12.3 Å². The van der Waals surface area contributed by atoms with Crippen molar-refractivity contribution in [3.05, 3.63) is 26.8 Å². The van der Waals surface area contributed by atoms with Gasteiger partial charge in [0.05, 0.1) is 9.58 Å². The Balaban J connectivity index is 2.87. The van der Waals surface area contributed by atoms with E-state index < -0.39 is 0 Å². The highest BCUT2D eigenvalue weighted by Gasteiger charge is 2.08. The third kappa shape index (κ3) is 1.49. The zero-order valence-electron chi connectivity index (χ0n) is 6.25. The van der Waals surface area contributed by atoms with Crippen molar-refractivity contribution >= 4 is 55.2 Å². The smallest absolute Gasteiger partial charge is 0.160 e. The van der Waals surface area contributed by atoms with Gasteiger partial charge in [-0.1, -0.05) is 11.6 Å². The van der Waals surface area contributed by atoms with Gasteiger partial charge in [0.15, 0.2) is 6.29 Å². The number of aldehydes is 1. The van der Waals surface area contributed by atoms with Gasteiger partial charge in [-0.2, -0.15) is 0 Å². The van der Waals surface area contributed by atoms with Crippen LogP contribution in [-0.2, 0) is 0 Å². The molecule has 0 aliphatic heterocycles. The molecule has 0 radical (unpaired) electrons. The Kier molecular flexibility index (Phi) is 2.36. The number of carbonyl (C=O) groups excluding carboxylic acids is 1. The molecule has 2 nitrogen and oxygen atoms in total. The van der Waals surface area contributed by atoms with Crippen molar-refractivity contribution in [2.24, 2.45) is 0 Å². The van der Waals surface area contributed by atoms with Crippen molar-refractivity contribution in [2.45, 2.75) is 0 Å². The predicted octanol–water partition coefficient (Wildman–Crippen LogP) is 3.52. The van der Waals surface area contributed by atoms with Crippen LogP contribution in [0.4, 0.5) is 0 Å². The monoisotopic (exact) mass is 275 g/mol. The summed E-state index contributed by atoms with van der Waals surface area (Å²) >= 11 is 10.6. The Morgan fingerprint density at radius 1 is 1.62 bits per heavy atom. The van der Waals surface area contributed by atoms with E-state index in [1.807, 2.05) is 0 Å². The van der Waals surface area contributed by atoms with Gasteiger partial charge in [-0.3, -0.25) is 4.79 Å². The molecule has 0 aliphatic rings. The Labute approximate surface area is 91.7 Å². The van der Waals surface area contributed by atoms with Crippen LogP contribution in [0.3, 0.4) is 0 Å². The fraction of sp³-hybridized carbons (Fsp3) is 0. The van der Waals surface area contributed by atoms with Crippen molar-refractivity contribution in [2.75, 3.05) is 0 Å². The first kappa shape index (κ1) is 9.12. The molecule has 0 unspecified atom stereocenters. The molecular weight excluding hydrogens is 274 g/mol. The summed E-state index contributed by atoms with van der Waals surface area (Å²) in [5.41, 5.74) is 0. The SMILES string of the molecule is O=Cc1cc2c(Br)cnc(Cl)c2s1. The third-order valence-electron chi connectivity index (χ3n) is 1.60. The zero-order valence-corrected chi connectivity index (χ0v) is 9.41. The molecule has 2 aromatic rings. The minimum absolute atomic E-state index is 0.441. The van der Waals surface area contributed by atoms with E-state index in [4.69, 9.17) is 11.6 Å². The number of thiophene rings is 1. The number of nitrogens with zero attached hydrogens (tertiary/aromatic N) is 1. The first-order valence-corrected chi connectivity index (χ1v) is 5.40. The van der Waals surface area contributed by atoms with E-state index >= 15 is 0 Å². The normalized spacial score (nSPS) is 10.6. The number of aromatic nitrogens is 1. The maximum absolute atomic E-state index is 10.5. The van der Waals surface area contributed by atoms with Gasteiger partial charge in [0.1, 0.15) is 5.15 Å². The van der Waals surface area contributed by atoms with E-state index in [0.717, 1.165) is 20.8 Å². The van der Waals surface area contributed by atoms with Crippen LogP contribution < -0.4 is 0 Å². The molecule has 0 amide bonds. The number of carbonyl (C=O) groups is 1. The average molecular weight is 277 g/mol. The van der Waals surface area contributed by atoms with E-state index in [1.165, 1.54) is 11.3 Å². The number of halogens is 2. The van der Waals surface area contributed by atoms with Crippen molar-refractivity contribution in [3.8, 4) is 0 Å². The number of hydrogen-bond donors (Lipinski definition) is 0. The van der Waals surface area contributed by atoms with Gasteiger partial charge in [0.25, 0.3) is 0 Å². The van der Waals surface area contributed by atoms with Gasteiger partial charge in [0.2, 0.25) is 0 Å². The van der Waals surface area contributed by atoms with Gasteiger partial charge in [0, 0.05) is 16.1 Å². The third-order valence-corrected chi connectivity index (χ3v) is 3.70. The lowest BCUT2D eigenvalue weighted by molar-refractivity contribution is 0.112. The number of hydrogen-bond acceptors (Lipinski definition) is 3. The van der Waals surface area contributed by atoms with Crippen LogP contribution in [0.5, 0.6) is 0 Å². The van der Waals surface area contributed by atoms with Crippen molar-refractivity contribution in [3.63, 3.8) is 0 Å². The molecule has 2 rings (SSSR count). The molecule has 0 aliphatic carbocycles. The summed E-state index contributed by atoms with van der Waals surface area (Å²) in [7, 11) is 0. The summed E-state index contributed by atoms with van der Waals surface area (Å²) in [6.07, 6.45) is 2.44. The molecule has 0 bridgehead atoms. The quantitative estimate of drug-likeness (QED) is 0.589. The van der Waals surface area contributed by atoms with Gasteiger partial charge < -0.3 is 0 Å². The Morgan fingerprint density at radius 2 is 2.38 bits per heavy atom. The lowest BCUT2D eigenvalue weighted by atomic mass is 10.3. The fourth-order valence-corrected chi connectivity index (χ4v) is 2.73. The molecule has 0 saturated heterocycles. The van der Waals surface area contributed by atoms with Crippen LogP contribution in [-0.4, -0.2) is 11.3 Å². The first-order valence-electron chi connectivity index (χ1n) is 3.41. The largest absolute Gasteiger partial charge is 0.297 e. The van der Waals surface area contributed by atoms with Crippen molar-refractivity contribution in [1.29, 1.82) is 0 Å². The molecule has 2 heterocycles. The van der Waals surface area contributed by atoms with Crippen LogP contribution in [0.25, 0.3) is 10.1 Å². The van der Waals surface area contributed by atoms with Crippen molar-refractivity contribution < 1.29 is 4.79 Å². The maximum Gasteiger partial charge on any atom is 0.160 e. The molecule has 66 valence electrons. The summed E-state index contributed by atoms with van der Waals surface area (Å²) in [5, 5.41) is 1.38. The average Bonchev–Trinajstić information content (AvgIpc) is 2.56. The second kappa shape index (κ2) is 3.36. The van der Waals surface area contributed by atoms with E-state index in [-0.39, 0.29) is 0 Å². The van der Waals surface area contributed by atoms with E-state index in [0.29, 0.717) is 10.0 Å². The number of fused-ring (bicyclic) bond motifs is 1. The summed E-state index contributed by atoms with van der Waals surface area (Å²) < 4.78 is 1.70. The first-order chi connectivity index (χ1) is 6.22. The molecule has 2 aromatic heterocycles. The predicted molar refractivity (Wildman–Crippen MR) is 57.7 cm³/mol. The van der Waals surface area contributed by atoms with E-state index in [9.17, 15) is 4.79 Å². The van der Waals surface area contributed by atoms with Crippen molar-refractivity contribution in [1.82, 2.24) is 4.98 Å². The maximum atomic E-state index is 10.5. The lowest BCUT2D eigenvalue weighted by Crippen LogP contribution is -1.74. The van der Waals surface area contributed by atoms with Crippen LogP contribution in [0.1, 0.15) is 9.67 Å². The highest BCUT2D eigenvalue weighted by molar-refractivity contribution is 9.10. The minimum atomic E-state index is 0.441. The highest BCUT2D eigenvalue weighted by atomic mass is 79.9.